The Labute approximate surface area is 291 Å². The van der Waals surface area contributed by atoms with Crippen molar-refractivity contribution in [3.8, 4) is 23.0 Å². The molecule has 250 valence electrons. The number of nitrogens with zero attached hydrogens (tertiary/aromatic N) is 3. The molecule has 1 fully saturated rings. The van der Waals surface area contributed by atoms with Crippen LogP contribution in [-0.2, 0) is 15.3 Å². The maximum absolute atomic E-state index is 13.8. The molecule has 1 N–H and O–H groups in total. The molecule has 6 rings (SSSR count). The molecule has 48 heavy (non-hydrogen) atoms. The highest BCUT2D eigenvalue weighted by Crippen LogP contribution is 2.46. The van der Waals surface area contributed by atoms with E-state index < -0.39 is 17.7 Å². The summed E-state index contributed by atoms with van der Waals surface area (Å²) in [5.74, 6) is 0.991. The minimum absolute atomic E-state index is 0.0989. The minimum Gasteiger partial charge on any atom is -0.507 e. The summed E-state index contributed by atoms with van der Waals surface area (Å²) in [6.07, 6.45) is 0.860. The maximum atomic E-state index is 13.8. The van der Waals surface area contributed by atoms with Gasteiger partial charge < -0.3 is 24.1 Å². The molecule has 0 bridgehead atoms. The van der Waals surface area contributed by atoms with Crippen LogP contribution >= 0.6 is 34.7 Å². The Hall–Kier alpha value is -4.26. The molecular weight excluding hydrogens is 674 g/mol. The SMILES string of the molecule is CCOc1cc([C@H]2C(=C(O)c3ccc4c(c3)OCCO4)C(=O)C(=O)N2c2nnc(SCc3ccc(Cl)cc3)s2)ccc1OCCC(C)C. The molecule has 13 heteroatoms. The van der Waals surface area contributed by atoms with Crippen LogP contribution in [0.2, 0.25) is 5.02 Å². The van der Waals surface area contributed by atoms with Crippen molar-refractivity contribution in [2.75, 3.05) is 31.3 Å². The lowest BCUT2D eigenvalue weighted by Crippen LogP contribution is -2.29. The molecule has 3 heterocycles. The molecule has 0 aliphatic carbocycles. The van der Waals surface area contributed by atoms with Crippen LogP contribution < -0.4 is 23.8 Å². The lowest BCUT2D eigenvalue weighted by atomic mass is 9.95. The summed E-state index contributed by atoms with van der Waals surface area (Å²) < 4.78 is 24.0. The van der Waals surface area contributed by atoms with Gasteiger partial charge in [-0.1, -0.05) is 66.7 Å². The molecule has 0 saturated carbocycles. The number of hydrogen-bond acceptors (Lipinski definition) is 11. The van der Waals surface area contributed by atoms with Gasteiger partial charge in [-0.3, -0.25) is 14.5 Å². The number of benzene rings is 3. The Morgan fingerprint density at radius 3 is 2.54 bits per heavy atom. The summed E-state index contributed by atoms with van der Waals surface area (Å²) >= 11 is 8.67. The number of thioether (sulfide) groups is 1. The van der Waals surface area contributed by atoms with Crippen molar-refractivity contribution in [2.24, 2.45) is 5.92 Å². The Balaban J connectivity index is 1.40. The van der Waals surface area contributed by atoms with Crippen LogP contribution in [-0.4, -0.2) is 53.4 Å². The highest BCUT2D eigenvalue weighted by molar-refractivity contribution is 8.00. The summed E-state index contributed by atoms with van der Waals surface area (Å²) in [4.78, 5) is 28.9. The van der Waals surface area contributed by atoms with E-state index in [-0.39, 0.29) is 16.5 Å². The third kappa shape index (κ3) is 7.25. The molecule has 2 aliphatic rings. The zero-order valence-electron chi connectivity index (χ0n) is 26.6. The number of carbonyl (C=O) groups excluding carboxylic acids is 2. The first kappa shape index (κ1) is 33.6. The Kier molecular flexibility index (Phi) is 10.4. The largest absolute Gasteiger partial charge is 0.507 e. The molecule has 4 aromatic rings. The van der Waals surface area contributed by atoms with E-state index in [0.29, 0.717) is 81.6 Å². The van der Waals surface area contributed by atoms with Crippen molar-refractivity contribution in [3.05, 3.63) is 87.9 Å². The van der Waals surface area contributed by atoms with E-state index in [4.69, 9.17) is 30.5 Å². The van der Waals surface area contributed by atoms with Crippen LogP contribution in [0.4, 0.5) is 5.13 Å². The number of aliphatic hydroxyl groups is 1. The van der Waals surface area contributed by atoms with Crippen LogP contribution in [0.5, 0.6) is 23.0 Å². The highest BCUT2D eigenvalue weighted by Gasteiger charge is 2.48. The van der Waals surface area contributed by atoms with E-state index in [0.717, 1.165) is 12.0 Å². The van der Waals surface area contributed by atoms with E-state index in [1.165, 1.54) is 28.0 Å². The van der Waals surface area contributed by atoms with Gasteiger partial charge in [0.05, 0.1) is 24.8 Å². The van der Waals surface area contributed by atoms with Gasteiger partial charge in [0.1, 0.15) is 19.0 Å². The number of halogens is 1. The van der Waals surface area contributed by atoms with Crippen molar-refractivity contribution in [1.29, 1.82) is 0 Å². The van der Waals surface area contributed by atoms with Gasteiger partial charge in [0, 0.05) is 16.3 Å². The van der Waals surface area contributed by atoms with E-state index in [1.54, 1.807) is 36.4 Å². The fourth-order valence-corrected chi connectivity index (χ4v) is 7.21. The van der Waals surface area contributed by atoms with Crippen LogP contribution in [0, 0.1) is 5.92 Å². The number of amides is 1. The number of aromatic nitrogens is 2. The molecule has 10 nitrogen and oxygen atoms in total. The summed E-state index contributed by atoms with van der Waals surface area (Å²) in [6, 6.07) is 16.6. The van der Waals surface area contributed by atoms with Crippen molar-refractivity contribution >= 4 is 57.3 Å². The van der Waals surface area contributed by atoms with Gasteiger partial charge in [0.2, 0.25) is 5.13 Å². The fraction of sp³-hybridized carbons (Fsp3) is 0.314. The second-order valence-corrected chi connectivity index (χ2v) is 14.1. The smallest absolute Gasteiger partial charge is 0.301 e. The molecule has 1 aromatic heterocycles. The molecule has 1 saturated heterocycles. The number of anilines is 1. The zero-order valence-corrected chi connectivity index (χ0v) is 29.0. The van der Waals surface area contributed by atoms with Gasteiger partial charge in [0.25, 0.3) is 5.78 Å². The molecule has 3 aromatic carbocycles. The van der Waals surface area contributed by atoms with Crippen molar-refractivity contribution < 1.29 is 33.6 Å². The van der Waals surface area contributed by atoms with E-state index in [2.05, 4.69) is 24.0 Å². The molecule has 1 atom stereocenters. The first-order valence-corrected chi connectivity index (χ1v) is 17.7. The summed E-state index contributed by atoms with van der Waals surface area (Å²) in [5, 5.41) is 21.2. The lowest BCUT2D eigenvalue weighted by Gasteiger charge is -2.24. The summed E-state index contributed by atoms with van der Waals surface area (Å²) in [7, 11) is 0. The Bertz CT molecular complexity index is 1840. The first-order chi connectivity index (χ1) is 23.2. The second-order valence-electron chi connectivity index (χ2n) is 11.5. The van der Waals surface area contributed by atoms with Gasteiger partial charge in [-0.25, -0.2) is 0 Å². The molecule has 0 spiro atoms. The third-order valence-electron chi connectivity index (χ3n) is 7.67. The van der Waals surface area contributed by atoms with Gasteiger partial charge >= 0.3 is 5.91 Å². The van der Waals surface area contributed by atoms with Crippen LogP contribution in [0.3, 0.4) is 0 Å². The van der Waals surface area contributed by atoms with Crippen LogP contribution in [0.15, 0.2) is 70.6 Å². The van der Waals surface area contributed by atoms with Gasteiger partial charge in [-0.05, 0) is 72.9 Å². The van der Waals surface area contributed by atoms with E-state index in [1.807, 2.05) is 31.2 Å². The number of carbonyl (C=O) groups is 2. The average molecular weight is 708 g/mol. The monoisotopic (exact) mass is 707 g/mol. The Morgan fingerprint density at radius 2 is 1.79 bits per heavy atom. The maximum Gasteiger partial charge on any atom is 0.301 e. The average Bonchev–Trinajstić information content (AvgIpc) is 3.66. The molecule has 0 radical (unpaired) electrons. The quantitative estimate of drug-likeness (QED) is 0.0516. The van der Waals surface area contributed by atoms with Gasteiger partial charge in [-0.2, -0.15) is 0 Å². The molecule has 1 amide bonds. The highest BCUT2D eigenvalue weighted by atomic mass is 35.5. The number of aliphatic hydroxyl groups excluding tert-OH is 1. The van der Waals surface area contributed by atoms with Crippen LogP contribution in [0.25, 0.3) is 5.76 Å². The number of Topliss-reactive ketones (excluding diaryl/α,β-unsaturated/α-hetero) is 1. The minimum atomic E-state index is -1.04. The molecular formula is C35H34ClN3O7S2. The lowest BCUT2D eigenvalue weighted by molar-refractivity contribution is -0.132. The van der Waals surface area contributed by atoms with Crippen molar-refractivity contribution in [1.82, 2.24) is 10.2 Å². The molecule has 0 unspecified atom stereocenters. The number of rotatable bonds is 12. The summed E-state index contributed by atoms with van der Waals surface area (Å²) in [5.41, 5.74) is 1.77. The van der Waals surface area contributed by atoms with E-state index >= 15 is 0 Å². The second kappa shape index (κ2) is 14.9. The number of fused-ring (bicyclic) bond motifs is 1. The topological polar surface area (TPSA) is 120 Å². The summed E-state index contributed by atoms with van der Waals surface area (Å²) in [6.45, 7) is 7.73. The first-order valence-electron chi connectivity index (χ1n) is 15.5. The van der Waals surface area contributed by atoms with Crippen LogP contribution in [0.1, 0.15) is 49.9 Å². The van der Waals surface area contributed by atoms with Gasteiger partial charge in [-0.15, -0.1) is 10.2 Å². The normalized spacial score (nSPS) is 16.9. The predicted molar refractivity (Wildman–Crippen MR) is 186 cm³/mol. The number of hydrogen-bond donors (Lipinski definition) is 1. The third-order valence-corrected chi connectivity index (χ3v) is 10.1. The zero-order chi connectivity index (χ0) is 33.8. The van der Waals surface area contributed by atoms with Crippen molar-refractivity contribution in [3.63, 3.8) is 0 Å². The van der Waals surface area contributed by atoms with Crippen molar-refractivity contribution in [2.45, 2.75) is 43.3 Å². The molecule has 2 aliphatic heterocycles. The predicted octanol–water partition coefficient (Wildman–Crippen LogP) is 7.70. The Morgan fingerprint density at radius 1 is 1.02 bits per heavy atom. The standard InChI is InChI=1S/C35H34ClN3O7S2/c1-4-43-27-17-22(7-11-25(27)44-14-13-20(2)3)30-29(31(40)23-8-12-26-28(18-23)46-16-15-45-26)32(41)33(42)39(30)34-37-38-35(48-34)47-19-21-5-9-24(36)10-6-21/h5-12,17-18,20,30,40H,4,13-16,19H2,1-3H3/t30-/m0/s1. The van der Waals surface area contributed by atoms with E-state index in [9.17, 15) is 14.7 Å². The fourth-order valence-electron chi connectivity index (χ4n) is 5.26. The number of ether oxygens (including phenoxy) is 4. The van der Waals surface area contributed by atoms with Gasteiger partial charge in [0.15, 0.2) is 27.3 Å². The number of ketones is 1.